The molecule has 1 amide bonds. The van der Waals surface area contributed by atoms with Gasteiger partial charge in [-0.25, -0.2) is 0 Å². The van der Waals surface area contributed by atoms with E-state index < -0.39 is 0 Å². The highest BCUT2D eigenvalue weighted by Gasteiger charge is 2.28. The number of hydrogen-bond donors (Lipinski definition) is 2. The zero-order valence-corrected chi connectivity index (χ0v) is 10.9. The van der Waals surface area contributed by atoms with Crippen LogP contribution in [0.25, 0.3) is 0 Å². The zero-order valence-electron chi connectivity index (χ0n) is 10.9. The molecule has 0 radical (unpaired) electrons. The molecule has 100 valence electrons. The molecule has 0 aromatic carbocycles. The molecular weight excluding hydrogens is 230 g/mol. The normalized spacial score (nSPS) is 18.4. The van der Waals surface area contributed by atoms with Crippen LogP contribution in [0.5, 0.6) is 0 Å². The molecule has 0 saturated heterocycles. The highest BCUT2D eigenvalue weighted by molar-refractivity contribution is 5.79. The van der Waals surface area contributed by atoms with Crippen molar-refractivity contribution in [3.8, 4) is 0 Å². The van der Waals surface area contributed by atoms with Crippen molar-refractivity contribution in [1.82, 2.24) is 15.1 Å². The van der Waals surface area contributed by atoms with Crippen LogP contribution < -0.4 is 0 Å². The van der Waals surface area contributed by atoms with E-state index in [0.29, 0.717) is 6.54 Å². The molecule has 1 heterocycles. The highest BCUT2D eigenvalue weighted by Crippen LogP contribution is 2.25. The second kappa shape index (κ2) is 6.00. The number of aliphatic hydroxyl groups excluding tert-OH is 1. The van der Waals surface area contributed by atoms with Crippen LogP contribution in [-0.4, -0.2) is 45.8 Å². The number of H-pyrrole nitrogens is 1. The van der Waals surface area contributed by atoms with E-state index in [0.717, 1.165) is 37.9 Å². The Labute approximate surface area is 107 Å². The minimum absolute atomic E-state index is 0.0355. The molecule has 5 nitrogen and oxygen atoms in total. The molecule has 1 aromatic rings. The molecule has 1 aliphatic rings. The van der Waals surface area contributed by atoms with Crippen LogP contribution in [0.2, 0.25) is 0 Å². The van der Waals surface area contributed by atoms with E-state index in [1.807, 2.05) is 13.1 Å². The number of carbonyl (C=O) groups is 1. The average molecular weight is 251 g/mol. The topological polar surface area (TPSA) is 69.2 Å². The van der Waals surface area contributed by atoms with Gasteiger partial charge in [-0.2, -0.15) is 5.10 Å². The van der Waals surface area contributed by atoms with Gasteiger partial charge in [0.2, 0.25) is 5.91 Å². The maximum atomic E-state index is 12.4. The van der Waals surface area contributed by atoms with E-state index in [1.165, 1.54) is 5.56 Å². The fraction of sp³-hybridized carbons (Fsp3) is 0.692. The van der Waals surface area contributed by atoms with Crippen LogP contribution >= 0.6 is 0 Å². The molecule has 2 N–H and O–H groups in total. The SMILES string of the molecule is CCCN(CCO)C(=O)C1CCc2cn[nH]c2C1. The fourth-order valence-corrected chi connectivity index (χ4v) is 2.60. The third-order valence-corrected chi connectivity index (χ3v) is 3.54. The number of aryl methyl sites for hydroxylation is 1. The zero-order chi connectivity index (χ0) is 13.0. The van der Waals surface area contributed by atoms with Crippen molar-refractivity contribution >= 4 is 5.91 Å². The third-order valence-electron chi connectivity index (χ3n) is 3.54. The number of carbonyl (C=O) groups excluding carboxylic acids is 1. The van der Waals surface area contributed by atoms with Gasteiger partial charge in [0.15, 0.2) is 0 Å². The monoisotopic (exact) mass is 251 g/mol. The Morgan fingerprint density at radius 3 is 3.17 bits per heavy atom. The highest BCUT2D eigenvalue weighted by atomic mass is 16.3. The van der Waals surface area contributed by atoms with Gasteiger partial charge in [-0.3, -0.25) is 9.89 Å². The number of aromatic amines is 1. The van der Waals surface area contributed by atoms with Crippen molar-refractivity contribution in [1.29, 1.82) is 0 Å². The Morgan fingerprint density at radius 2 is 2.44 bits per heavy atom. The molecule has 0 saturated carbocycles. The second-order valence-electron chi connectivity index (χ2n) is 4.86. The molecule has 1 aromatic heterocycles. The van der Waals surface area contributed by atoms with Gasteiger partial charge in [-0.15, -0.1) is 0 Å². The molecule has 0 aliphatic heterocycles. The smallest absolute Gasteiger partial charge is 0.226 e. The Kier molecular flexibility index (Phi) is 4.36. The summed E-state index contributed by atoms with van der Waals surface area (Å²) in [5.41, 5.74) is 2.34. The molecule has 1 unspecified atom stereocenters. The van der Waals surface area contributed by atoms with E-state index in [-0.39, 0.29) is 18.4 Å². The van der Waals surface area contributed by atoms with E-state index >= 15 is 0 Å². The molecule has 5 heteroatoms. The molecule has 18 heavy (non-hydrogen) atoms. The van der Waals surface area contributed by atoms with Crippen LogP contribution in [0.1, 0.15) is 31.0 Å². The first kappa shape index (κ1) is 13.1. The first-order valence-corrected chi connectivity index (χ1v) is 6.67. The molecular formula is C13H21N3O2. The minimum atomic E-state index is 0.0355. The lowest BCUT2D eigenvalue weighted by Gasteiger charge is -2.28. The van der Waals surface area contributed by atoms with Gasteiger partial charge < -0.3 is 10.0 Å². The van der Waals surface area contributed by atoms with Crippen molar-refractivity contribution in [2.45, 2.75) is 32.6 Å². The molecule has 2 rings (SSSR count). The summed E-state index contributed by atoms with van der Waals surface area (Å²) < 4.78 is 0. The second-order valence-corrected chi connectivity index (χ2v) is 4.86. The van der Waals surface area contributed by atoms with Gasteiger partial charge in [0, 0.05) is 31.1 Å². The lowest BCUT2D eigenvalue weighted by molar-refractivity contribution is -0.136. The summed E-state index contributed by atoms with van der Waals surface area (Å²) in [6.45, 7) is 3.25. The van der Waals surface area contributed by atoms with Crippen molar-refractivity contribution in [3.63, 3.8) is 0 Å². The molecule has 0 bridgehead atoms. The van der Waals surface area contributed by atoms with E-state index in [9.17, 15) is 4.79 Å². The van der Waals surface area contributed by atoms with Gasteiger partial charge in [0.25, 0.3) is 0 Å². The Hall–Kier alpha value is -1.36. The van der Waals surface area contributed by atoms with Gasteiger partial charge >= 0.3 is 0 Å². The van der Waals surface area contributed by atoms with E-state index in [1.54, 1.807) is 4.90 Å². The summed E-state index contributed by atoms with van der Waals surface area (Å²) in [6, 6.07) is 0. The largest absolute Gasteiger partial charge is 0.395 e. The summed E-state index contributed by atoms with van der Waals surface area (Å²) in [4.78, 5) is 14.2. The number of aliphatic hydroxyl groups is 1. The first-order chi connectivity index (χ1) is 8.76. The van der Waals surface area contributed by atoms with E-state index in [2.05, 4.69) is 10.2 Å². The van der Waals surface area contributed by atoms with Gasteiger partial charge in [0.05, 0.1) is 12.8 Å². The molecule has 1 atom stereocenters. The van der Waals surface area contributed by atoms with Crippen molar-refractivity contribution in [2.24, 2.45) is 5.92 Å². The van der Waals surface area contributed by atoms with Crippen molar-refractivity contribution in [2.75, 3.05) is 19.7 Å². The number of nitrogens with one attached hydrogen (secondary N) is 1. The van der Waals surface area contributed by atoms with Gasteiger partial charge in [0.1, 0.15) is 0 Å². The van der Waals surface area contributed by atoms with Crippen LogP contribution in [-0.2, 0) is 17.6 Å². The summed E-state index contributed by atoms with van der Waals surface area (Å²) in [7, 11) is 0. The summed E-state index contributed by atoms with van der Waals surface area (Å²) in [5.74, 6) is 0.210. The number of aromatic nitrogens is 2. The summed E-state index contributed by atoms with van der Waals surface area (Å²) >= 11 is 0. The summed E-state index contributed by atoms with van der Waals surface area (Å²) in [5, 5.41) is 16.0. The van der Waals surface area contributed by atoms with Gasteiger partial charge in [-0.05, 0) is 24.8 Å². The maximum Gasteiger partial charge on any atom is 0.226 e. The standard InChI is InChI=1S/C13H21N3O2/c1-2-5-16(6-7-17)13(18)10-3-4-11-9-14-15-12(11)8-10/h9-10,17H,2-8H2,1H3,(H,14,15). The minimum Gasteiger partial charge on any atom is -0.395 e. The molecule has 0 fully saturated rings. The summed E-state index contributed by atoms with van der Waals surface area (Å²) in [6.07, 6.45) is 5.33. The number of hydrogen-bond acceptors (Lipinski definition) is 3. The van der Waals surface area contributed by atoms with Gasteiger partial charge in [-0.1, -0.05) is 6.92 Å². The molecule has 0 spiro atoms. The average Bonchev–Trinajstić information content (AvgIpc) is 2.84. The van der Waals surface area contributed by atoms with Crippen molar-refractivity contribution < 1.29 is 9.90 Å². The molecule has 1 aliphatic carbocycles. The third kappa shape index (κ3) is 2.72. The predicted octanol–water partition coefficient (Wildman–Crippen LogP) is 0.746. The maximum absolute atomic E-state index is 12.4. The van der Waals surface area contributed by atoms with E-state index in [4.69, 9.17) is 5.11 Å². The fourth-order valence-electron chi connectivity index (χ4n) is 2.60. The number of nitrogens with zero attached hydrogens (tertiary/aromatic N) is 2. The van der Waals surface area contributed by atoms with Crippen LogP contribution in [0.15, 0.2) is 6.20 Å². The number of rotatable bonds is 5. The predicted molar refractivity (Wildman–Crippen MR) is 68.1 cm³/mol. The van der Waals surface area contributed by atoms with Crippen LogP contribution in [0, 0.1) is 5.92 Å². The lowest BCUT2D eigenvalue weighted by Crippen LogP contribution is -2.40. The Bertz CT molecular complexity index is 397. The quantitative estimate of drug-likeness (QED) is 0.811. The van der Waals surface area contributed by atoms with Crippen molar-refractivity contribution in [3.05, 3.63) is 17.5 Å². The Balaban J connectivity index is 2.01. The lowest BCUT2D eigenvalue weighted by atomic mass is 9.87. The van der Waals surface area contributed by atoms with Crippen LogP contribution in [0.3, 0.4) is 0 Å². The first-order valence-electron chi connectivity index (χ1n) is 6.67. The van der Waals surface area contributed by atoms with Crippen LogP contribution in [0.4, 0.5) is 0 Å². The Morgan fingerprint density at radius 1 is 1.61 bits per heavy atom. The number of fused-ring (bicyclic) bond motifs is 1. The number of amides is 1.